The van der Waals surface area contributed by atoms with E-state index in [-0.39, 0.29) is 16.3 Å². The molecule has 0 bridgehead atoms. The highest BCUT2D eigenvalue weighted by Crippen LogP contribution is 2.23. The summed E-state index contributed by atoms with van der Waals surface area (Å²) in [7, 11) is -4.07. The number of hydrogen-bond acceptors (Lipinski definition) is 7. The molecule has 176 valence electrons. The van der Waals surface area contributed by atoms with Crippen LogP contribution in [0.25, 0.3) is 0 Å². The van der Waals surface area contributed by atoms with Gasteiger partial charge in [0, 0.05) is 26.2 Å². The van der Waals surface area contributed by atoms with Crippen molar-refractivity contribution >= 4 is 26.0 Å². The fourth-order valence-electron chi connectivity index (χ4n) is 3.12. The van der Waals surface area contributed by atoms with Crippen LogP contribution in [0.5, 0.6) is 0 Å². The van der Waals surface area contributed by atoms with Crippen molar-refractivity contribution < 1.29 is 26.4 Å². The zero-order valence-corrected chi connectivity index (χ0v) is 20.5. The summed E-state index contributed by atoms with van der Waals surface area (Å²) in [5.41, 5.74) is -0.736. The van der Waals surface area contributed by atoms with Gasteiger partial charge in [-0.15, -0.1) is 0 Å². The highest BCUT2D eigenvalue weighted by Gasteiger charge is 2.31. The Morgan fingerprint density at radius 1 is 0.968 bits per heavy atom. The number of likely N-dealkylation sites (N-methyl/N-ethyl adjacent to an activating group) is 1. The lowest BCUT2D eigenvalue weighted by Gasteiger charge is -2.26. The first-order valence-corrected chi connectivity index (χ1v) is 13.1. The van der Waals surface area contributed by atoms with Crippen molar-refractivity contribution in [3.8, 4) is 0 Å². The minimum atomic E-state index is -4.03. The van der Waals surface area contributed by atoms with E-state index in [0.29, 0.717) is 19.6 Å². The lowest BCUT2D eigenvalue weighted by Crippen LogP contribution is -2.41. The van der Waals surface area contributed by atoms with Crippen molar-refractivity contribution in [2.45, 2.75) is 49.0 Å². The second kappa shape index (κ2) is 9.95. The molecule has 0 amide bonds. The van der Waals surface area contributed by atoms with Crippen LogP contribution < -0.4 is 0 Å². The Balaban J connectivity index is 2.27. The smallest absolute Gasteiger partial charge is 0.321 e. The molecule has 1 fully saturated rings. The highest BCUT2D eigenvalue weighted by molar-refractivity contribution is 7.89. The molecule has 0 aromatic heterocycles. The molecule has 0 unspecified atom stereocenters. The zero-order valence-electron chi connectivity index (χ0n) is 18.9. The SMILES string of the molecule is CN(C)CCN(CC(=O)OC(C)(C)C)S(=O)(=O)c1ccc(S(=O)(=O)N2CCCC2)cc1. The number of sulfonamides is 2. The van der Waals surface area contributed by atoms with Crippen molar-refractivity contribution in [2.24, 2.45) is 0 Å². The van der Waals surface area contributed by atoms with Crippen LogP contribution in [-0.4, -0.2) is 88.7 Å². The molecule has 0 atom stereocenters. The molecule has 0 radical (unpaired) electrons. The van der Waals surface area contributed by atoms with Gasteiger partial charge < -0.3 is 9.64 Å². The molecule has 1 aromatic carbocycles. The lowest BCUT2D eigenvalue weighted by molar-refractivity contribution is -0.155. The molecule has 31 heavy (non-hydrogen) atoms. The van der Waals surface area contributed by atoms with E-state index in [4.69, 9.17) is 4.74 Å². The van der Waals surface area contributed by atoms with Gasteiger partial charge in [0.15, 0.2) is 0 Å². The largest absolute Gasteiger partial charge is 0.459 e. The number of esters is 1. The van der Waals surface area contributed by atoms with Crippen LogP contribution in [0, 0.1) is 0 Å². The number of ether oxygens (including phenoxy) is 1. The van der Waals surface area contributed by atoms with Gasteiger partial charge in [-0.05, 0) is 72.0 Å². The minimum absolute atomic E-state index is 0.0559. The topological polar surface area (TPSA) is 104 Å². The second-order valence-corrected chi connectivity index (χ2v) is 12.7. The monoisotopic (exact) mass is 475 g/mol. The molecule has 1 saturated heterocycles. The van der Waals surface area contributed by atoms with Crippen LogP contribution in [0.4, 0.5) is 0 Å². The Morgan fingerprint density at radius 3 is 1.97 bits per heavy atom. The number of hydrogen-bond donors (Lipinski definition) is 0. The Morgan fingerprint density at radius 2 is 1.48 bits per heavy atom. The maximum Gasteiger partial charge on any atom is 0.321 e. The Kier molecular flexibility index (Phi) is 8.26. The third kappa shape index (κ3) is 6.98. The average molecular weight is 476 g/mol. The maximum atomic E-state index is 13.2. The van der Waals surface area contributed by atoms with Gasteiger partial charge in [0.05, 0.1) is 9.79 Å². The molecular weight excluding hydrogens is 442 g/mol. The Hall–Kier alpha value is -1.53. The molecule has 0 saturated carbocycles. The van der Waals surface area contributed by atoms with Crippen LogP contribution in [-0.2, 0) is 29.6 Å². The van der Waals surface area contributed by atoms with E-state index in [0.717, 1.165) is 17.1 Å². The van der Waals surface area contributed by atoms with Gasteiger partial charge in [0.25, 0.3) is 0 Å². The summed E-state index contributed by atoms with van der Waals surface area (Å²) in [6.45, 7) is 6.13. The molecule has 0 aliphatic carbocycles. The molecule has 11 heteroatoms. The van der Waals surface area contributed by atoms with E-state index in [1.54, 1.807) is 34.9 Å². The van der Waals surface area contributed by atoms with Crippen LogP contribution in [0.15, 0.2) is 34.1 Å². The highest BCUT2D eigenvalue weighted by atomic mass is 32.2. The summed E-state index contributed by atoms with van der Waals surface area (Å²) in [6.07, 6.45) is 1.63. The molecular formula is C20H33N3O6S2. The predicted octanol–water partition coefficient (Wildman–Crippen LogP) is 1.37. The van der Waals surface area contributed by atoms with Crippen LogP contribution in [0.3, 0.4) is 0 Å². The van der Waals surface area contributed by atoms with Gasteiger partial charge in [0.1, 0.15) is 12.1 Å². The maximum absolute atomic E-state index is 13.2. The summed E-state index contributed by atoms with van der Waals surface area (Å²) in [5.74, 6) is -0.650. The second-order valence-electron chi connectivity index (χ2n) is 8.81. The number of benzene rings is 1. The van der Waals surface area contributed by atoms with Gasteiger partial charge in [-0.3, -0.25) is 4.79 Å². The quantitative estimate of drug-likeness (QED) is 0.497. The normalized spacial score (nSPS) is 16.2. The van der Waals surface area contributed by atoms with Gasteiger partial charge in [-0.25, -0.2) is 16.8 Å². The van der Waals surface area contributed by atoms with E-state index in [1.165, 1.54) is 28.6 Å². The van der Waals surface area contributed by atoms with Crippen molar-refractivity contribution in [2.75, 3.05) is 46.8 Å². The third-order valence-corrected chi connectivity index (χ3v) is 8.46. The fraction of sp³-hybridized carbons (Fsp3) is 0.650. The van der Waals surface area contributed by atoms with E-state index >= 15 is 0 Å². The van der Waals surface area contributed by atoms with Gasteiger partial charge in [-0.1, -0.05) is 0 Å². The predicted molar refractivity (Wildman–Crippen MR) is 118 cm³/mol. The summed E-state index contributed by atoms with van der Waals surface area (Å²) in [4.78, 5) is 14.1. The zero-order chi connectivity index (χ0) is 23.4. The molecule has 2 rings (SSSR count). The van der Waals surface area contributed by atoms with Crippen LogP contribution in [0.1, 0.15) is 33.6 Å². The number of carbonyl (C=O) groups is 1. The third-order valence-electron chi connectivity index (χ3n) is 4.69. The lowest BCUT2D eigenvalue weighted by atomic mass is 10.2. The summed E-state index contributed by atoms with van der Waals surface area (Å²) < 4.78 is 59.5. The molecule has 1 aliphatic heterocycles. The minimum Gasteiger partial charge on any atom is -0.459 e. The van der Waals surface area contributed by atoms with E-state index in [1.807, 2.05) is 4.90 Å². The van der Waals surface area contributed by atoms with Crippen molar-refractivity contribution in [1.29, 1.82) is 0 Å². The first kappa shape index (κ1) is 25.7. The summed E-state index contributed by atoms with van der Waals surface area (Å²) >= 11 is 0. The van der Waals surface area contributed by atoms with Crippen molar-refractivity contribution in [3.63, 3.8) is 0 Å². The van der Waals surface area contributed by atoms with Crippen molar-refractivity contribution in [3.05, 3.63) is 24.3 Å². The summed E-state index contributed by atoms with van der Waals surface area (Å²) in [5, 5.41) is 0. The summed E-state index contributed by atoms with van der Waals surface area (Å²) in [6, 6.07) is 5.16. The standard InChI is InChI=1S/C20H33N3O6S2/c1-20(2,3)29-19(24)16-23(15-14-21(4)5)31(27,28)18-10-8-17(9-11-18)30(25,26)22-12-6-7-13-22/h8-11H,6-7,12-16H2,1-5H3. The van der Waals surface area contributed by atoms with Gasteiger partial charge in [0.2, 0.25) is 20.0 Å². The van der Waals surface area contributed by atoms with E-state index in [2.05, 4.69) is 0 Å². The van der Waals surface area contributed by atoms with E-state index < -0.39 is 38.2 Å². The molecule has 1 aliphatic rings. The average Bonchev–Trinajstić information content (AvgIpc) is 3.19. The molecule has 1 heterocycles. The molecule has 0 N–H and O–H groups in total. The number of rotatable bonds is 9. The molecule has 9 nitrogen and oxygen atoms in total. The molecule has 1 aromatic rings. The van der Waals surface area contributed by atoms with Crippen LogP contribution in [0.2, 0.25) is 0 Å². The fourth-order valence-corrected chi connectivity index (χ4v) is 6.02. The first-order chi connectivity index (χ1) is 14.2. The molecule has 0 spiro atoms. The van der Waals surface area contributed by atoms with Crippen molar-refractivity contribution in [1.82, 2.24) is 13.5 Å². The number of carbonyl (C=O) groups excluding carboxylic acids is 1. The number of nitrogens with zero attached hydrogens (tertiary/aromatic N) is 3. The van der Waals surface area contributed by atoms with Crippen LogP contribution >= 0.6 is 0 Å². The van der Waals surface area contributed by atoms with Gasteiger partial charge >= 0.3 is 5.97 Å². The first-order valence-electron chi connectivity index (χ1n) is 10.2. The Labute approximate surface area is 186 Å². The Bertz CT molecular complexity index is 961. The van der Waals surface area contributed by atoms with Gasteiger partial charge in [-0.2, -0.15) is 8.61 Å². The van der Waals surface area contributed by atoms with E-state index in [9.17, 15) is 21.6 Å².